The molecule has 0 saturated carbocycles. The number of halogens is 2. The van der Waals surface area contributed by atoms with Crippen molar-refractivity contribution in [3.05, 3.63) is 194 Å². The lowest BCUT2D eigenvalue weighted by atomic mass is 9.88. The van der Waals surface area contributed by atoms with E-state index >= 15 is 14.4 Å². The molecule has 16 N–H and O–H groups in total. The number of phenolic OH excluding ortho intramolecular Hbond substituents is 6. The zero-order valence-corrected chi connectivity index (χ0v) is 51.3. The highest BCUT2D eigenvalue weighted by Crippen LogP contribution is 2.49. The van der Waals surface area contributed by atoms with Crippen molar-refractivity contribution in [2.75, 3.05) is 4.90 Å². The third-order valence-corrected chi connectivity index (χ3v) is 17.1. The number of carboxylic acid groups (broad SMARTS) is 1. The van der Waals surface area contributed by atoms with Gasteiger partial charge in [0.25, 0.3) is 5.91 Å². The average Bonchev–Trinajstić information content (AvgIpc) is 1.26. The summed E-state index contributed by atoms with van der Waals surface area (Å²) >= 11 is 19.2. The number of benzene rings is 8. The molecule has 8 unspecified atom stereocenters. The van der Waals surface area contributed by atoms with Gasteiger partial charge in [0, 0.05) is 28.3 Å². The van der Waals surface area contributed by atoms with E-state index in [9.17, 15) is 60.0 Å². The van der Waals surface area contributed by atoms with Gasteiger partial charge in [-0.2, -0.15) is 0 Å². The van der Waals surface area contributed by atoms with Gasteiger partial charge in [0.05, 0.1) is 21.8 Å². The van der Waals surface area contributed by atoms with Crippen molar-refractivity contribution in [1.82, 2.24) is 31.9 Å². The van der Waals surface area contributed by atoms with Gasteiger partial charge >= 0.3 is 5.97 Å². The zero-order valence-electron chi connectivity index (χ0n) is 49.0. The first-order valence-electron chi connectivity index (χ1n) is 28.7. The second kappa shape index (κ2) is 25.3. The fourth-order valence-corrected chi connectivity index (χ4v) is 12.1. The van der Waals surface area contributed by atoms with Crippen LogP contribution >= 0.6 is 35.4 Å². The number of fused-ring (bicyclic) bond motifs is 15. The summed E-state index contributed by atoms with van der Waals surface area (Å²) in [5.74, 6) is -14.4. The molecular formula is C66H52Cl2N8O18S. The molecule has 0 aromatic heterocycles. The SMILES string of the molecule is Cc1c(O)cc2c(c1O)-c1cc(ccc1O)C1NC(=O)C3NC(=O)C(c4cc(O)cc(Oc5cc(C6NC(=S)N(c7ccccc7)C6=O)ccc5O)c4)NC(=O)C(N)Cc4ccc(c(Cl)c4)Oc4cc3cc(c4O)Oc3ccc(cc3Cl)C(O)C(NC1=O)C(=O)NC2C(=O)O. The number of amides is 6. The van der Waals surface area contributed by atoms with Gasteiger partial charge in [0.2, 0.25) is 35.3 Å². The summed E-state index contributed by atoms with van der Waals surface area (Å²) in [4.78, 5) is 104. The average molecular weight is 1350 g/mol. The van der Waals surface area contributed by atoms with Crippen LogP contribution in [0.25, 0.3) is 11.1 Å². The van der Waals surface area contributed by atoms with Crippen LogP contribution in [0, 0.1) is 6.92 Å². The van der Waals surface area contributed by atoms with Gasteiger partial charge in [0.1, 0.15) is 76.6 Å². The molecular weight excluding hydrogens is 1300 g/mol. The van der Waals surface area contributed by atoms with Crippen LogP contribution < -0.4 is 56.7 Å². The van der Waals surface area contributed by atoms with Crippen molar-refractivity contribution in [2.24, 2.45) is 5.73 Å². The van der Waals surface area contributed by atoms with Gasteiger partial charge in [-0.25, -0.2) is 4.79 Å². The number of para-hydroxylation sites is 1. The van der Waals surface area contributed by atoms with Gasteiger partial charge in [-0.05, 0) is 150 Å². The van der Waals surface area contributed by atoms with Crippen molar-refractivity contribution in [2.45, 2.75) is 61.7 Å². The number of nitrogens with one attached hydrogen (secondary N) is 6. The topological polar surface area (TPSA) is 410 Å². The highest BCUT2D eigenvalue weighted by molar-refractivity contribution is 7.80. The van der Waals surface area contributed by atoms with E-state index in [1.54, 1.807) is 30.3 Å². The van der Waals surface area contributed by atoms with Gasteiger partial charge in [0.15, 0.2) is 34.2 Å². The summed E-state index contributed by atoms with van der Waals surface area (Å²) in [5.41, 5.74) is 5.01. The summed E-state index contributed by atoms with van der Waals surface area (Å²) < 4.78 is 18.6. The third kappa shape index (κ3) is 12.3. The number of aliphatic hydroxyl groups excluding tert-OH is 1. The predicted molar refractivity (Wildman–Crippen MR) is 341 cm³/mol. The van der Waals surface area contributed by atoms with Crippen LogP contribution in [0.2, 0.25) is 10.0 Å². The Bertz CT molecular complexity index is 4600. The number of carbonyl (C=O) groups is 7. The van der Waals surface area contributed by atoms with Gasteiger partial charge in [-0.3, -0.25) is 33.7 Å². The molecule has 8 aromatic carbocycles. The second-order valence-corrected chi connectivity index (χ2v) is 23.7. The van der Waals surface area contributed by atoms with E-state index < -0.39 is 152 Å². The molecule has 0 spiro atoms. The lowest BCUT2D eigenvalue weighted by Gasteiger charge is -2.31. The molecule has 8 aromatic rings. The zero-order chi connectivity index (χ0) is 67.6. The number of hydrogen-bond acceptors (Lipinski definition) is 19. The Morgan fingerprint density at radius 1 is 0.579 bits per heavy atom. The van der Waals surface area contributed by atoms with Crippen LogP contribution in [-0.4, -0.2) is 99.5 Å². The molecule has 14 rings (SSSR count). The fourth-order valence-electron chi connectivity index (χ4n) is 11.4. The Kier molecular flexibility index (Phi) is 17.0. The van der Waals surface area contributed by atoms with Gasteiger partial charge < -0.3 is 92.7 Å². The molecule has 484 valence electrons. The van der Waals surface area contributed by atoms with E-state index in [1.165, 1.54) is 66.4 Å². The minimum atomic E-state index is -2.20. The van der Waals surface area contributed by atoms with Crippen molar-refractivity contribution in [3.63, 3.8) is 0 Å². The molecule has 6 aliphatic rings. The molecule has 6 aliphatic heterocycles. The number of ether oxygens (including phenoxy) is 3. The molecule has 95 heavy (non-hydrogen) atoms. The largest absolute Gasteiger partial charge is 0.508 e. The quantitative estimate of drug-likeness (QED) is 0.0739. The summed E-state index contributed by atoms with van der Waals surface area (Å²) in [5, 5.41) is 107. The number of aliphatic hydroxyl groups is 1. The first-order chi connectivity index (χ1) is 45.3. The number of thiocarbonyl (C=S) groups is 1. The number of anilines is 1. The van der Waals surface area contributed by atoms with E-state index in [2.05, 4.69) is 31.9 Å². The minimum absolute atomic E-state index is 0.0793. The third-order valence-electron chi connectivity index (χ3n) is 16.2. The summed E-state index contributed by atoms with van der Waals surface area (Å²) in [7, 11) is 0. The highest BCUT2D eigenvalue weighted by Gasteiger charge is 2.42. The maximum absolute atomic E-state index is 15.8. The van der Waals surface area contributed by atoms with Gasteiger partial charge in [-0.15, -0.1) is 0 Å². The Hall–Kier alpha value is -11.4. The molecule has 6 heterocycles. The Morgan fingerprint density at radius 2 is 1.17 bits per heavy atom. The number of rotatable bonds is 6. The molecule has 6 amide bonds. The Labute approximate surface area is 552 Å². The van der Waals surface area contributed by atoms with Crippen molar-refractivity contribution < 1.29 is 88.6 Å². The molecule has 11 bridgehead atoms. The van der Waals surface area contributed by atoms with E-state index in [1.807, 2.05) is 0 Å². The predicted octanol–water partition coefficient (Wildman–Crippen LogP) is 7.08. The number of aromatic hydroxyl groups is 6. The molecule has 29 heteroatoms. The van der Waals surface area contributed by atoms with Crippen LogP contribution in [0.3, 0.4) is 0 Å². The Morgan fingerprint density at radius 3 is 1.82 bits per heavy atom. The highest BCUT2D eigenvalue weighted by atomic mass is 35.5. The number of aliphatic carboxylic acids is 1. The van der Waals surface area contributed by atoms with E-state index in [4.69, 9.17) is 55.4 Å². The lowest BCUT2D eigenvalue weighted by molar-refractivity contribution is -0.143. The number of hydrogen-bond donors (Lipinski definition) is 15. The maximum Gasteiger partial charge on any atom is 0.330 e. The standard InChI is InChI=1S/C66H52Cl2N8O18S/c1-26-43(80)25-37-49(56(26)81)36-19-28(8-11-41(36)78)50-60(85)74-55(63(88)73-54(37)65(90)91)57(82)30-10-14-45(39(68)20-30)94-48-23-32-22-47(58(48)83)93-44-13-7-27(15-38(44)67)16-40(69)59(84)70-51(61(86)72-52(32)62(87)71-50)31-17-34(77)24-35(18-31)92-46-21-29(9-12-42(46)79)53-64(89)76(66(95)75-53)33-5-3-2-4-6-33/h2-15,17-25,40,50-55,57,77-83H,16,69H2,1H3,(H,70,84)(H,71,87)(H,72,86)(H,73,88)(H,74,85)(H,75,95)(H,90,91). The van der Waals surface area contributed by atoms with Crippen LogP contribution in [0.4, 0.5) is 5.69 Å². The molecule has 1 saturated heterocycles. The van der Waals surface area contributed by atoms with E-state index in [0.29, 0.717) is 11.3 Å². The first-order valence-corrected chi connectivity index (χ1v) is 29.9. The summed E-state index contributed by atoms with van der Waals surface area (Å²) in [6, 6.07) is 16.9. The van der Waals surface area contributed by atoms with E-state index in [0.717, 1.165) is 54.6 Å². The molecule has 1 fully saturated rings. The molecule has 0 aliphatic carbocycles. The van der Waals surface area contributed by atoms with Crippen LogP contribution in [0.15, 0.2) is 140 Å². The van der Waals surface area contributed by atoms with Crippen LogP contribution in [0.1, 0.15) is 80.8 Å². The van der Waals surface area contributed by atoms with Crippen molar-refractivity contribution in [3.8, 4) is 80.1 Å². The van der Waals surface area contributed by atoms with Crippen LogP contribution in [0.5, 0.6) is 69.0 Å². The van der Waals surface area contributed by atoms with Gasteiger partial charge in [-0.1, -0.05) is 65.7 Å². The normalized spacial score (nSPS) is 21.1. The number of carbonyl (C=O) groups excluding carboxylic acids is 6. The summed E-state index contributed by atoms with van der Waals surface area (Å²) in [6.45, 7) is 1.26. The van der Waals surface area contributed by atoms with Crippen molar-refractivity contribution in [1.29, 1.82) is 0 Å². The monoisotopic (exact) mass is 1350 g/mol. The second-order valence-electron chi connectivity index (χ2n) is 22.5. The van der Waals surface area contributed by atoms with Crippen molar-refractivity contribution >= 4 is 87.6 Å². The number of nitrogens with two attached hydrogens (primary N) is 1. The smallest absolute Gasteiger partial charge is 0.330 e. The minimum Gasteiger partial charge on any atom is -0.508 e. The lowest BCUT2D eigenvalue weighted by Crippen LogP contribution is -2.55. The molecule has 8 atom stereocenters. The molecule has 26 nitrogen and oxygen atoms in total. The fraction of sp³-hybridized carbons (Fsp3) is 0.152. The van der Waals surface area contributed by atoms with Crippen LogP contribution in [-0.2, 0) is 40.0 Å². The molecule has 0 radical (unpaired) electrons. The number of phenols is 6. The number of carboxylic acids is 1. The Balaban J connectivity index is 1.01. The maximum atomic E-state index is 15.8. The first kappa shape index (κ1) is 63.8. The summed E-state index contributed by atoms with van der Waals surface area (Å²) in [6.07, 6.45) is -2.37. The number of nitrogens with zero attached hydrogens (tertiary/aromatic N) is 1. The van der Waals surface area contributed by atoms with E-state index in [-0.39, 0.29) is 78.0 Å².